The van der Waals surface area contributed by atoms with Crippen LogP contribution >= 0.6 is 0 Å². The molecule has 1 N–H and O–H groups in total. The molecule has 166 valence electrons. The van der Waals surface area contributed by atoms with Crippen LogP contribution in [-0.4, -0.2) is 51.6 Å². The highest BCUT2D eigenvalue weighted by Gasteiger charge is 2.37. The zero-order chi connectivity index (χ0) is 22.8. The Kier molecular flexibility index (Phi) is 4.98. The first-order chi connectivity index (χ1) is 14.5. The molecule has 31 heavy (non-hydrogen) atoms. The lowest BCUT2D eigenvalue weighted by Gasteiger charge is -2.45. The van der Waals surface area contributed by atoms with E-state index < -0.39 is 51.0 Å². The van der Waals surface area contributed by atoms with Crippen LogP contribution in [0, 0.1) is 17.5 Å². The molecule has 0 spiro atoms. The summed E-state index contributed by atoms with van der Waals surface area (Å²) >= 11 is 0. The minimum Gasteiger partial charge on any atom is -0.477 e. The molecule has 1 amide bonds. The topological polar surface area (TPSA) is 82.8 Å². The highest BCUT2D eigenvalue weighted by molar-refractivity contribution is 5.94. The summed E-state index contributed by atoms with van der Waals surface area (Å²) < 4.78 is 47.2. The normalized spacial score (nSPS) is 21.6. The predicted octanol–water partition coefficient (Wildman–Crippen LogP) is 2.90. The van der Waals surface area contributed by atoms with Crippen LogP contribution in [0.2, 0.25) is 0 Å². The lowest BCUT2D eigenvalue weighted by molar-refractivity contribution is -0.133. The average Bonchev–Trinajstić information content (AvgIpc) is 3.50. The Morgan fingerprint density at radius 1 is 1.03 bits per heavy atom. The molecule has 1 aromatic heterocycles. The first-order valence-corrected chi connectivity index (χ1v) is 10.1. The van der Waals surface area contributed by atoms with Crippen LogP contribution in [0.4, 0.5) is 18.9 Å². The van der Waals surface area contributed by atoms with E-state index in [0.29, 0.717) is 12.8 Å². The summed E-state index contributed by atoms with van der Waals surface area (Å²) in [5, 5.41) is 8.41. The van der Waals surface area contributed by atoms with Crippen molar-refractivity contribution in [2.45, 2.75) is 51.7 Å². The van der Waals surface area contributed by atoms with Crippen molar-refractivity contribution in [3.63, 3.8) is 0 Å². The van der Waals surface area contributed by atoms with E-state index in [1.165, 1.54) is 16.4 Å². The van der Waals surface area contributed by atoms with Crippen LogP contribution in [0.3, 0.4) is 0 Å². The number of benzene rings is 1. The van der Waals surface area contributed by atoms with Gasteiger partial charge in [-0.2, -0.15) is 0 Å². The number of carboxylic acid groups (broad SMARTS) is 1. The Bertz CT molecular complexity index is 1160. The Hall–Kier alpha value is -3.04. The zero-order valence-electron chi connectivity index (χ0n) is 17.3. The fourth-order valence-electron chi connectivity index (χ4n) is 4.68. The molecule has 2 aromatic rings. The molecule has 1 saturated heterocycles. The number of pyridine rings is 1. The van der Waals surface area contributed by atoms with E-state index in [2.05, 4.69) is 0 Å². The number of halogens is 3. The van der Waals surface area contributed by atoms with Crippen molar-refractivity contribution in [3.05, 3.63) is 39.4 Å². The largest absolute Gasteiger partial charge is 0.477 e. The van der Waals surface area contributed by atoms with Crippen molar-refractivity contribution >= 4 is 28.5 Å². The number of amides is 1. The smallest absolute Gasteiger partial charge is 0.341 e. The van der Waals surface area contributed by atoms with Gasteiger partial charge in [-0.1, -0.05) is 0 Å². The average molecular weight is 437 g/mol. The Morgan fingerprint density at radius 3 is 2.10 bits per heavy atom. The number of anilines is 1. The van der Waals surface area contributed by atoms with E-state index in [4.69, 9.17) is 0 Å². The Morgan fingerprint density at radius 2 is 1.61 bits per heavy atom. The van der Waals surface area contributed by atoms with Crippen molar-refractivity contribution in [2.24, 2.45) is 0 Å². The Balaban J connectivity index is 1.96. The van der Waals surface area contributed by atoms with Gasteiger partial charge in [0.25, 0.3) is 0 Å². The highest BCUT2D eigenvalue weighted by Crippen LogP contribution is 2.41. The summed E-state index contributed by atoms with van der Waals surface area (Å²) in [6.07, 6.45) is 2.22. The fraction of sp³-hybridized carbons (Fsp3) is 0.476. The van der Waals surface area contributed by atoms with Crippen LogP contribution in [0.25, 0.3) is 10.9 Å². The number of nitrogens with zero attached hydrogens (tertiary/aromatic N) is 3. The summed E-state index contributed by atoms with van der Waals surface area (Å²) in [4.78, 5) is 38.9. The number of carbonyl (C=O) groups excluding carboxylic acids is 1. The molecule has 0 unspecified atom stereocenters. The van der Waals surface area contributed by atoms with E-state index in [1.807, 2.05) is 0 Å². The second kappa shape index (κ2) is 7.28. The number of aromatic nitrogens is 1. The number of fused-ring (bicyclic) bond motifs is 1. The fourth-order valence-corrected chi connectivity index (χ4v) is 4.68. The number of carboxylic acids is 1. The minimum absolute atomic E-state index is 0.0730. The maximum atomic E-state index is 15.7. The molecule has 10 heteroatoms. The number of piperazine rings is 1. The third-order valence-corrected chi connectivity index (χ3v) is 6.04. The first kappa shape index (κ1) is 21.2. The van der Waals surface area contributed by atoms with Gasteiger partial charge in [-0.25, -0.2) is 18.0 Å². The van der Waals surface area contributed by atoms with Gasteiger partial charge in [-0.3, -0.25) is 9.59 Å². The van der Waals surface area contributed by atoms with E-state index in [0.717, 1.165) is 6.20 Å². The molecule has 7 nitrogen and oxygen atoms in total. The minimum atomic E-state index is -1.59. The number of hydrogen-bond acceptors (Lipinski definition) is 4. The van der Waals surface area contributed by atoms with Crippen molar-refractivity contribution in [1.29, 1.82) is 0 Å². The van der Waals surface area contributed by atoms with Crippen molar-refractivity contribution in [2.75, 3.05) is 18.0 Å². The standard InChI is InChI=1S/C21H22F3N3O4/c1-9-6-25(7-10(2)27(9)11(3)28)19-16(23)15(22)14-18(17(19)24)26(12-4-5-12)8-13(20(14)29)21(30)31/h8-10,12H,4-7H2,1-3H3,(H,30,31)/t9-,10+. The van der Waals surface area contributed by atoms with Crippen LogP contribution < -0.4 is 10.3 Å². The molecule has 1 aromatic carbocycles. The van der Waals surface area contributed by atoms with Gasteiger partial charge >= 0.3 is 5.97 Å². The molecule has 0 radical (unpaired) electrons. The molecule has 0 bridgehead atoms. The SMILES string of the molecule is CC(=O)N1[C@H](C)CN(c2c(F)c(F)c3c(=O)c(C(=O)O)cn(C4CC4)c3c2F)C[C@@H]1C. The number of carbonyl (C=O) groups is 2. The summed E-state index contributed by atoms with van der Waals surface area (Å²) in [5.41, 5.74) is -3.03. The monoisotopic (exact) mass is 437 g/mol. The van der Waals surface area contributed by atoms with Gasteiger partial charge in [0.2, 0.25) is 11.3 Å². The van der Waals surface area contributed by atoms with Gasteiger partial charge in [-0.05, 0) is 26.7 Å². The van der Waals surface area contributed by atoms with Crippen LogP contribution in [-0.2, 0) is 4.79 Å². The molecule has 4 rings (SSSR count). The van der Waals surface area contributed by atoms with Crippen LogP contribution in [0.15, 0.2) is 11.0 Å². The van der Waals surface area contributed by atoms with Gasteiger partial charge in [-0.15, -0.1) is 0 Å². The second-order valence-electron chi connectivity index (χ2n) is 8.36. The summed E-state index contributed by atoms with van der Waals surface area (Å²) in [7, 11) is 0. The van der Waals surface area contributed by atoms with E-state index in [9.17, 15) is 19.5 Å². The number of hydrogen-bond donors (Lipinski definition) is 1. The van der Waals surface area contributed by atoms with Gasteiger partial charge < -0.3 is 19.5 Å². The third kappa shape index (κ3) is 3.24. The van der Waals surface area contributed by atoms with Crippen molar-refractivity contribution in [1.82, 2.24) is 9.47 Å². The summed E-state index contributed by atoms with van der Waals surface area (Å²) in [5.74, 6) is -5.97. The zero-order valence-corrected chi connectivity index (χ0v) is 17.3. The van der Waals surface area contributed by atoms with E-state index in [1.54, 1.807) is 18.7 Å². The van der Waals surface area contributed by atoms with Crippen LogP contribution in [0.5, 0.6) is 0 Å². The second-order valence-corrected chi connectivity index (χ2v) is 8.36. The quantitative estimate of drug-likeness (QED) is 0.747. The molecular weight excluding hydrogens is 415 g/mol. The number of rotatable bonds is 3. The predicted molar refractivity (Wildman–Crippen MR) is 107 cm³/mol. The summed E-state index contributed by atoms with van der Waals surface area (Å²) in [6.45, 7) is 5.02. The van der Waals surface area contributed by atoms with Gasteiger partial charge in [0, 0.05) is 44.3 Å². The van der Waals surface area contributed by atoms with Crippen LogP contribution in [0.1, 0.15) is 50.0 Å². The molecule has 1 saturated carbocycles. The lowest BCUT2D eigenvalue weighted by atomic mass is 10.0. The van der Waals surface area contributed by atoms with E-state index in [-0.39, 0.29) is 37.1 Å². The maximum absolute atomic E-state index is 15.7. The van der Waals surface area contributed by atoms with Crippen molar-refractivity contribution < 1.29 is 27.9 Å². The van der Waals surface area contributed by atoms with Gasteiger partial charge in [0.15, 0.2) is 17.5 Å². The van der Waals surface area contributed by atoms with Gasteiger partial charge in [0.05, 0.1) is 10.9 Å². The maximum Gasteiger partial charge on any atom is 0.341 e. The molecule has 2 aliphatic rings. The third-order valence-electron chi connectivity index (χ3n) is 6.04. The summed E-state index contributed by atoms with van der Waals surface area (Å²) in [6, 6.07) is -1.04. The van der Waals surface area contributed by atoms with E-state index >= 15 is 13.2 Å². The molecular formula is C21H22F3N3O4. The number of aromatic carboxylic acids is 1. The highest BCUT2D eigenvalue weighted by atomic mass is 19.2. The molecule has 2 fully saturated rings. The first-order valence-electron chi connectivity index (χ1n) is 10.1. The molecule has 1 aliphatic carbocycles. The Labute approximate surface area is 175 Å². The lowest BCUT2D eigenvalue weighted by Crippen LogP contribution is -2.58. The van der Waals surface area contributed by atoms with Crippen molar-refractivity contribution in [3.8, 4) is 0 Å². The molecule has 2 heterocycles. The van der Waals surface area contributed by atoms with Gasteiger partial charge in [0.1, 0.15) is 11.3 Å². The molecule has 2 atom stereocenters. The molecule has 1 aliphatic heterocycles.